The maximum absolute atomic E-state index is 12.1. The standard InChI is InChI=1S/C25H22N4O3/c1-31-23-13-17(7-8-22(23)32-15-16-5-3-2-4-6-16)24-26-11-10-20(29-24)21-14-18-19(28-21)9-12-27-25(18)30/h2-8,10-11,13-14,28H,9,12,15H2,1H3,(H,27,30). The lowest BCUT2D eigenvalue weighted by Crippen LogP contribution is -2.31. The maximum Gasteiger partial charge on any atom is 0.253 e. The molecule has 2 aromatic carbocycles. The molecule has 2 aromatic heterocycles. The van der Waals surface area contributed by atoms with Crippen LogP contribution in [0.5, 0.6) is 11.5 Å². The summed E-state index contributed by atoms with van der Waals surface area (Å²) in [5.74, 6) is 1.77. The van der Waals surface area contributed by atoms with Crippen molar-refractivity contribution >= 4 is 5.91 Å². The van der Waals surface area contributed by atoms with Crippen molar-refractivity contribution in [3.8, 4) is 34.3 Å². The van der Waals surface area contributed by atoms with Gasteiger partial charge in [-0.3, -0.25) is 4.79 Å². The van der Waals surface area contributed by atoms with Crippen LogP contribution in [0.4, 0.5) is 0 Å². The molecule has 4 aromatic rings. The van der Waals surface area contributed by atoms with Gasteiger partial charge in [0.25, 0.3) is 5.91 Å². The van der Waals surface area contributed by atoms with Crippen molar-refractivity contribution in [3.05, 3.63) is 83.7 Å². The summed E-state index contributed by atoms with van der Waals surface area (Å²) >= 11 is 0. The van der Waals surface area contributed by atoms with E-state index in [1.54, 1.807) is 13.3 Å². The molecule has 7 nitrogen and oxygen atoms in total. The topological polar surface area (TPSA) is 89.1 Å². The Morgan fingerprint density at radius 2 is 1.91 bits per heavy atom. The fourth-order valence-electron chi connectivity index (χ4n) is 3.74. The normalized spacial score (nSPS) is 12.7. The molecular formula is C25H22N4O3. The highest BCUT2D eigenvalue weighted by Crippen LogP contribution is 2.32. The Morgan fingerprint density at radius 3 is 2.72 bits per heavy atom. The van der Waals surface area contributed by atoms with Gasteiger partial charge in [0.1, 0.15) is 6.61 Å². The van der Waals surface area contributed by atoms with Crippen LogP contribution in [0.2, 0.25) is 0 Å². The number of hydrogen-bond donors (Lipinski definition) is 2. The SMILES string of the molecule is COc1cc(-c2nccc(-c3cc4c([nH]3)CCNC4=O)n2)ccc1OCc1ccccc1. The van der Waals surface area contributed by atoms with Crippen LogP contribution in [-0.4, -0.2) is 34.5 Å². The number of aromatic nitrogens is 3. The van der Waals surface area contributed by atoms with E-state index in [1.807, 2.05) is 60.7 Å². The summed E-state index contributed by atoms with van der Waals surface area (Å²) in [5.41, 5.74) is 5.02. The molecule has 0 aliphatic carbocycles. The molecule has 0 atom stereocenters. The number of rotatable bonds is 6. The number of hydrogen-bond acceptors (Lipinski definition) is 5. The molecule has 0 fully saturated rings. The predicted molar refractivity (Wildman–Crippen MR) is 121 cm³/mol. The molecule has 0 radical (unpaired) electrons. The lowest BCUT2D eigenvalue weighted by molar-refractivity contribution is 0.0946. The molecule has 32 heavy (non-hydrogen) atoms. The molecule has 0 saturated carbocycles. The van der Waals surface area contributed by atoms with Crippen LogP contribution in [0.15, 0.2) is 66.9 Å². The monoisotopic (exact) mass is 426 g/mol. The predicted octanol–water partition coefficient (Wildman–Crippen LogP) is 4.01. The van der Waals surface area contributed by atoms with Gasteiger partial charge in [-0.2, -0.15) is 0 Å². The average molecular weight is 426 g/mol. The number of fused-ring (bicyclic) bond motifs is 1. The zero-order valence-electron chi connectivity index (χ0n) is 17.6. The summed E-state index contributed by atoms with van der Waals surface area (Å²) in [6, 6.07) is 19.3. The number of methoxy groups -OCH3 is 1. The van der Waals surface area contributed by atoms with Crippen molar-refractivity contribution < 1.29 is 14.3 Å². The lowest BCUT2D eigenvalue weighted by Gasteiger charge is -2.12. The zero-order valence-corrected chi connectivity index (χ0v) is 17.6. The maximum atomic E-state index is 12.1. The second-order valence-electron chi connectivity index (χ2n) is 7.49. The van der Waals surface area contributed by atoms with Crippen molar-refractivity contribution in [1.82, 2.24) is 20.3 Å². The van der Waals surface area contributed by atoms with Crippen molar-refractivity contribution in [2.75, 3.05) is 13.7 Å². The zero-order chi connectivity index (χ0) is 21.9. The van der Waals surface area contributed by atoms with Gasteiger partial charge in [-0.1, -0.05) is 30.3 Å². The Morgan fingerprint density at radius 1 is 1.03 bits per heavy atom. The first kappa shape index (κ1) is 19.8. The van der Waals surface area contributed by atoms with Gasteiger partial charge in [-0.25, -0.2) is 9.97 Å². The average Bonchev–Trinajstić information content (AvgIpc) is 3.29. The molecule has 0 unspecified atom stereocenters. The van der Waals surface area contributed by atoms with E-state index in [-0.39, 0.29) is 5.91 Å². The molecule has 0 bridgehead atoms. The molecular weight excluding hydrogens is 404 g/mol. The number of nitrogens with zero attached hydrogens (tertiary/aromatic N) is 2. The minimum Gasteiger partial charge on any atom is -0.493 e. The van der Waals surface area contributed by atoms with E-state index >= 15 is 0 Å². The van der Waals surface area contributed by atoms with E-state index in [4.69, 9.17) is 14.5 Å². The van der Waals surface area contributed by atoms with Crippen LogP contribution in [0.1, 0.15) is 21.6 Å². The lowest BCUT2D eigenvalue weighted by atomic mass is 10.1. The Labute approximate surface area is 185 Å². The third-order valence-electron chi connectivity index (χ3n) is 5.40. The smallest absolute Gasteiger partial charge is 0.253 e. The molecule has 1 aliphatic heterocycles. The summed E-state index contributed by atoms with van der Waals surface area (Å²) in [7, 11) is 1.61. The Kier molecular flexibility index (Phi) is 5.29. The molecule has 7 heteroatoms. The number of nitrogens with one attached hydrogen (secondary N) is 2. The van der Waals surface area contributed by atoms with Crippen molar-refractivity contribution in [2.24, 2.45) is 0 Å². The van der Waals surface area contributed by atoms with E-state index in [0.717, 1.165) is 34.6 Å². The summed E-state index contributed by atoms with van der Waals surface area (Å²) in [6.07, 6.45) is 2.49. The van der Waals surface area contributed by atoms with Gasteiger partial charge in [-0.05, 0) is 35.9 Å². The molecule has 3 heterocycles. The number of carbonyl (C=O) groups is 1. The van der Waals surface area contributed by atoms with Gasteiger partial charge in [0.05, 0.1) is 24.1 Å². The quantitative estimate of drug-likeness (QED) is 0.486. The van der Waals surface area contributed by atoms with Crippen molar-refractivity contribution in [3.63, 3.8) is 0 Å². The summed E-state index contributed by atoms with van der Waals surface area (Å²) < 4.78 is 11.5. The first-order valence-electron chi connectivity index (χ1n) is 10.4. The second-order valence-corrected chi connectivity index (χ2v) is 7.49. The van der Waals surface area contributed by atoms with Gasteiger partial charge in [-0.15, -0.1) is 0 Å². The van der Waals surface area contributed by atoms with Crippen LogP contribution < -0.4 is 14.8 Å². The van der Waals surface area contributed by atoms with Crippen molar-refractivity contribution in [2.45, 2.75) is 13.0 Å². The van der Waals surface area contributed by atoms with Crippen LogP contribution in [-0.2, 0) is 13.0 Å². The number of aromatic amines is 1. The molecule has 2 N–H and O–H groups in total. The minimum atomic E-state index is -0.0566. The molecule has 0 spiro atoms. The minimum absolute atomic E-state index is 0.0566. The fraction of sp³-hybridized carbons (Fsp3) is 0.160. The van der Waals surface area contributed by atoms with Crippen LogP contribution in [0.25, 0.3) is 22.8 Å². The van der Waals surface area contributed by atoms with Crippen LogP contribution in [0, 0.1) is 0 Å². The first-order chi connectivity index (χ1) is 15.7. The van der Waals surface area contributed by atoms with E-state index in [1.165, 1.54) is 0 Å². The third-order valence-corrected chi connectivity index (χ3v) is 5.40. The van der Waals surface area contributed by atoms with Gasteiger partial charge in [0.15, 0.2) is 17.3 Å². The summed E-state index contributed by atoms with van der Waals surface area (Å²) in [4.78, 5) is 24.5. The Hall–Kier alpha value is -4.13. The van der Waals surface area contributed by atoms with E-state index in [9.17, 15) is 4.79 Å². The van der Waals surface area contributed by atoms with E-state index in [2.05, 4.69) is 15.3 Å². The van der Waals surface area contributed by atoms with Gasteiger partial charge in [0.2, 0.25) is 0 Å². The van der Waals surface area contributed by atoms with Gasteiger partial charge < -0.3 is 19.8 Å². The Bertz CT molecular complexity index is 1270. The van der Waals surface area contributed by atoms with E-state index < -0.39 is 0 Å². The Balaban J connectivity index is 1.41. The molecule has 160 valence electrons. The number of amides is 1. The third kappa shape index (κ3) is 3.92. The number of carbonyl (C=O) groups excluding carboxylic acids is 1. The van der Waals surface area contributed by atoms with Gasteiger partial charge >= 0.3 is 0 Å². The van der Waals surface area contributed by atoms with Crippen LogP contribution >= 0.6 is 0 Å². The van der Waals surface area contributed by atoms with Gasteiger partial charge in [0, 0.05) is 30.4 Å². The highest BCUT2D eigenvalue weighted by Gasteiger charge is 2.20. The van der Waals surface area contributed by atoms with Crippen molar-refractivity contribution in [1.29, 1.82) is 0 Å². The van der Waals surface area contributed by atoms with E-state index in [0.29, 0.717) is 36.0 Å². The highest BCUT2D eigenvalue weighted by molar-refractivity contribution is 5.97. The number of H-pyrrole nitrogens is 1. The highest BCUT2D eigenvalue weighted by atomic mass is 16.5. The molecule has 1 aliphatic rings. The number of benzene rings is 2. The molecule has 0 saturated heterocycles. The second kappa shape index (κ2) is 8.55. The molecule has 1 amide bonds. The fourth-order valence-corrected chi connectivity index (χ4v) is 3.74. The number of ether oxygens (including phenoxy) is 2. The molecule has 5 rings (SSSR count). The summed E-state index contributed by atoms with van der Waals surface area (Å²) in [5, 5.41) is 2.86. The van der Waals surface area contributed by atoms with Crippen LogP contribution in [0.3, 0.4) is 0 Å². The summed E-state index contributed by atoms with van der Waals surface area (Å²) in [6.45, 7) is 1.09. The first-order valence-corrected chi connectivity index (χ1v) is 10.4. The largest absolute Gasteiger partial charge is 0.493 e.